The third-order valence-corrected chi connectivity index (χ3v) is 4.43. The molecule has 1 fully saturated rings. The fraction of sp³-hybridized carbons (Fsp3) is 0.600. The van der Waals surface area contributed by atoms with Crippen LogP contribution in [-0.4, -0.2) is 41.8 Å². The molecule has 0 heterocycles. The number of benzene rings is 1. The van der Waals surface area contributed by atoms with Crippen molar-refractivity contribution in [1.82, 2.24) is 16.0 Å². The Labute approximate surface area is 162 Å². The summed E-state index contributed by atoms with van der Waals surface area (Å²) >= 11 is 0. The fourth-order valence-electron chi connectivity index (χ4n) is 3.03. The van der Waals surface area contributed by atoms with Gasteiger partial charge in [-0.05, 0) is 64.2 Å². The second-order valence-electron chi connectivity index (χ2n) is 7.30. The number of aliphatic imine (C=N–C) groups is 1. The van der Waals surface area contributed by atoms with Crippen LogP contribution in [0.5, 0.6) is 0 Å². The van der Waals surface area contributed by atoms with Crippen LogP contribution in [0.15, 0.2) is 29.3 Å². The number of guanidine groups is 1. The number of aliphatic hydroxyl groups excluding tert-OH is 1. The minimum Gasteiger partial charge on any atom is -0.393 e. The molecule has 0 radical (unpaired) electrons. The number of amides is 2. The van der Waals surface area contributed by atoms with Crippen molar-refractivity contribution in [2.75, 3.05) is 11.9 Å². The highest BCUT2D eigenvalue weighted by atomic mass is 16.3. The summed E-state index contributed by atoms with van der Waals surface area (Å²) in [4.78, 5) is 16.4. The number of carbonyl (C=O) groups excluding carboxylic acids is 1. The lowest BCUT2D eigenvalue weighted by Crippen LogP contribution is -2.45. The van der Waals surface area contributed by atoms with Crippen LogP contribution in [0.25, 0.3) is 0 Å². The zero-order valence-corrected chi connectivity index (χ0v) is 16.6. The maximum absolute atomic E-state index is 11.7. The Hall–Kier alpha value is -2.28. The van der Waals surface area contributed by atoms with E-state index in [2.05, 4.69) is 26.3 Å². The van der Waals surface area contributed by atoms with Crippen molar-refractivity contribution in [1.29, 1.82) is 0 Å². The zero-order chi connectivity index (χ0) is 19.6. The van der Waals surface area contributed by atoms with Gasteiger partial charge in [-0.25, -0.2) is 9.79 Å². The van der Waals surface area contributed by atoms with E-state index in [1.807, 2.05) is 45.0 Å². The van der Waals surface area contributed by atoms with Gasteiger partial charge in [-0.15, -0.1) is 0 Å². The molecular formula is C20H33N5O2. The number of rotatable bonds is 6. The fourth-order valence-corrected chi connectivity index (χ4v) is 3.03. The number of urea groups is 1. The van der Waals surface area contributed by atoms with Crippen LogP contribution < -0.4 is 21.3 Å². The van der Waals surface area contributed by atoms with Crippen LogP contribution in [0.3, 0.4) is 0 Å². The van der Waals surface area contributed by atoms with Crippen LogP contribution >= 0.6 is 0 Å². The van der Waals surface area contributed by atoms with Crippen LogP contribution in [0.1, 0.15) is 52.0 Å². The molecule has 1 saturated carbocycles. The number of anilines is 1. The van der Waals surface area contributed by atoms with Gasteiger partial charge in [0.1, 0.15) is 0 Å². The molecule has 1 aliphatic carbocycles. The average molecular weight is 376 g/mol. The van der Waals surface area contributed by atoms with E-state index in [0.717, 1.165) is 49.4 Å². The third-order valence-electron chi connectivity index (χ3n) is 4.43. The average Bonchev–Trinajstić information content (AvgIpc) is 2.62. The molecule has 1 aromatic rings. The van der Waals surface area contributed by atoms with Crippen LogP contribution in [0.2, 0.25) is 0 Å². The molecular weight excluding hydrogens is 342 g/mol. The van der Waals surface area contributed by atoms with Crippen molar-refractivity contribution in [3.05, 3.63) is 29.8 Å². The molecule has 0 atom stereocenters. The number of aliphatic hydroxyl groups is 1. The first-order chi connectivity index (χ1) is 13.0. The van der Waals surface area contributed by atoms with E-state index in [0.29, 0.717) is 12.6 Å². The van der Waals surface area contributed by atoms with Crippen molar-refractivity contribution in [3.8, 4) is 0 Å². The maximum atomic E-state index is 11.7. The lowest BCUT2D eigenvalue weighted by atomic mass is 9.93. The Bertz CT molecular complexity index is 607. The van der Waals surface area contributed by atoms with Gasteiger partial charge in [0.15, 0.2) is 5.96 Å². The van der Waals surface area contributed by atoms with Crippen LogP contribution in [0.4, 0.5) is 10.5 Å². The van der Waals surface area contributed by atoms with E-state index in [-0.39, 0.29) is 18.2 Å². The van der Waals surface area contributed by atoms with Gasteiger partial charge >= 0.3 is 6.03 Å². The van der Waals surface area contributed by atoms with Crippen molar-refractivity contribution >= 4 is 17.7 Å². The summed E-state index contributed by atoms with van der Waals surface area (Å²) in [6.07, 6.45) is 3.46. The Morgan fingerprint density at radius 1 is 1.19 bits per heavy atom. The van der Waals surface area contributed by atoms with Gasteiger partial charge < -0.3 is 26.4 Å². The molecule has 5 N–H and O–H groups in total. The van der Waals surface area contributed by atoms with Gasteiger partial charge in [-0.3, -0.25) is 0 Å². The monoisotopic (exact) mass is 375 g/mol. The largest absolute Gasteiger partial charge is 0.393 e. The number of nitrogens with zero attached hydrogens (tertiary/aromatic N) is 1. The van der Waals surface area contributed by atoms with Gasteiger partial charge in [-0.2, -0.15) is 0 Å². The molecule has 1 aliphatic rings. The van der Waals surface area contributed by atoms with E-state index >= 15 is 0 Å². The minimum atomic E-state index is -0.202. The lowest BCUT2D eigenvalue weighted by Gasteiger charge is -2.27. The number of nitrogens with one attached hydrogen (secondary N) is 4. The smallest absolute Gasteiger partial charge is 0.319 e. The minimum absolute atomic E-state index is 0.100. The van der Waals surface area contributed by atoms with Crippen LogP contribution in [0, 0.1) is 0 Å². The molecule has 27 heavy (non-hydrogen) atoms. The molecule has 0 aromatic heterocycles. The Kier molecular flexibility index (Phi) is 8.39. The molecule has 0 saturated heterocycles. The maximum Gasteiger partial charge on any atom is 0.319 e. The van der Waals surface area contributed by atoms with Gasteiger partial charge in [-0.1, -0.05) is 12.1 Å². The van der Waals surface area contributed by atoms with Gasteiger partial charge in [0, 0.05) is 24.3 Å². The van der Waals surface area contributed by atoms with E-state index in [9.17, 15) is 9.90 Å². The van der Waals surface area contributed by atoms with Crippen molar-refractivity contribution in [2.24, 2.45) is 4.99 Å². The predicted molar refractivity (Wildman–Crippen MR) is 110 cm³/mol. The summed E-state index contributed by atoms with van der Waals surface area (Å²) in [6, 6.07) is 7.96. The number of hydrogen-bond donors (Lipinski definition) is 5. The molecule has 150 valence electrons. The molecule has 0 aliphatic heterocycles. The zero-order valence-electron chi connectivity index (χ0n) is 16.6. The molecule has 0 spiro atoms. The summed E-state index contributed by atoms with van der Waals surface area (Å²) in [5.74, 6) is 0.803. The van der Waals surface area contributed by atoms with Crippen molar-refractivity contribution in [2.45, 2.75) is 71.2 Å². The summed E-state index contributed by atoms with van der Waals surface area (Å²) in [5, 5.41) is 22.0. The molecule has 2 amide bonds. The lowest BCUT2D eigenvalue weighted by molar-refractivity contribution is 0.120. The summed E-state index contributed by atoms with van der Waals surface area (Å²) < 4.78 is 0. The van der Waals surface area contributed by atoms with Crippen molar-refractivity contribution in [3.63, 3.8) is 0 Å². The summed E-state index contributed by atoms with van der Waals surface area (Å²) in [7, 11) is 0. The summed E-state index contributed by atoms with van der Waals surface area (Å²) in [6.45, 7) is 7.25. The molecule has 0 bridgehead atoms. The Morgan fingerprint density at radius 2 is 1.85 bits per heavy atom. The highest BCUT2D eigenvalue weighted by molar-refractivity contribution is 5.89. The van der Waals surface area contributed by atoms with Gasteiger partial charge in [0.2, 0.25) is 0 Å². The third kappa shape index (κ3) is 7.86. The van der Waals surface area contributed by atoms with Crippen molar-refractivity contribution < 1.29 is 9.90 Å². The first-order valence-electron chi connectivity index (χ1n) is 9.85. The van der Waals surface area contributed by atoms with E-state index < -0.39 is 0 Å². The molecule has 7 heteroatoms. The highest BCUT2D eigenvalue weighted by Crippen LogP contribution is 2.18. The Morgan fingerprint density at radius 3 is 2.44 bits per heavy atom. The molecule has 7 nitrogen and oxygen atoms in total. The van der Waals surface area contributed by atoms with Gasteiger partial charge in [0.05, 0.1) is 12.6 Å². The van der Waals surface area contributed by atoms with E-state index in [1.165, 1.54) is 0 Å². The summed E-state index contributed by atoms with van der Waals surface area (Å²) in [5.41, 5.74) is 1.83. The van der Waals surface area contributed by atoms with E-state index in [4.69, 9.17) is 0 Å². The highest BCUT2D eigenvalue weighted by Gasteiger charge is 2.19. The SMILES string of the molecule is CCNC(=NCc1ccc(NC(=O)NC(C)C)cc1)NC1CCC(O)CC1. The van der Waals surface area contributed by atoms with Gasteiger partial charge in [0.25, 0.3) is 0 Å². The molecule has 2 rings (SSSR count). The standard InChI is InChI=1S/C20H33N5O2/c1-4-21-19(24-16-9-11-18(26)12-10-16)22-13-15-5-7-17(8-6-15)25-20(27)23-14(2)3/h5-8,14,16,18,26H,4,9-13H2,1-3H3,(H2,21,22,24)(H2,23,25,27). The predicted octanol–water partition coefficient (Wildman–Crippen LogP) is 2.58. The molecule has 0 unspecified atom stereocenters. The van der Waals surface area contributed by atoms with Crippen LogP contribution in [-0.2, 0) is 6.54 Å². The number of hydrogen-bond acceptors (Lipinski definition) is 3. The quantitative estimate of drug-likeness (QED) is 0.390. The second-order valence-corrected chi connectivity index (χ2v) is 7.30. The molecule has 1 aromatic carbocycles. The Balaban J connectivity index is 1.88. The topological polar surface area (TPSA) is 97.8 Å². The first kappa shape index (κ1) is 21.0. The van der Waals surface area contributed by atoms with E-state index in [1.54, 1.807) is 0 Å². The number of carbonyl (C=O) groups is 1. The normalized spacial score (nSPS) is 20.3. The second kappa shape index (κ2) is 10.8. The first-order valence-corrected chi connectivity index (χ1v) is 9.85.